The van der Waals surface area contributed by atoms with Gasteiger partial charge in [-0.3, -0.25) is 0 Å². The van der Waals surface area contributed by atoms with E-state index in [-0.39, 0.29) is 6.03 Å². The van der Waals surface area contributed by atoms with Crippen molar-refractivity contribution in [2.45, 2.75) is 20.3 Å². The lowest BCUT2D eigenvalue weighted by Crippen LogP contribution is -2.50. The molecule has 27 heavy (non-hydrogen) atoms. The normalized spacial score (nSPS) is 14.6. The Balaban J connectivity index is 1.41. The van der Waals surface area contributed by atoms with Gasteiger partial charge in [0, 0.05) is 31.9 Å². The molecule has 0 unspecified atom stereocenters. The van der Waals surface area contributed by atoms with Crippen LogP contribution in [-0.2, 0) is 6.42 Å². The highest BCUT2D eigenvalue weighted by molar-refractivity contribution is 7.22. The summed E-state index contributed by atoms with van der Waals surface area (Å²) in [7, 11) is 0. The number of urea groups is 1. The lowest BCUT2D eigenvalue weighted by Gasteiger charge is -2.34. The van der Waals surface area contributed by atoms with Crippen LogP contribution in [-0.4, -0.2) is 42.1 Å². The molecule has 6 heteroatoms. The maximum absolute atomic E-state index is 12.5. The third-order valence-corrected chi connectivity index (χ3v) is 6.06. The zero-order valence-electron chi connectivity index (χ0n) is 15.7. The Hall–Kier alpha value is -2.60. The summed E-state index contributed by atoms with van der Waals surface area (Å²) in [6.45, 7) is 7.21. The van der Waals surface area contributed by atoms with Crippen LogP contribution >= 0.6 is 11.3 Å². The number of piperazine rings is 1. The van der Waals surface area contributed by atoms with Gasteiger partial charge in [-0.15, -0.1) is 0 Å². The fourth-order valence-electron chi connectivity index (χ4n) is 3.44. The van der Waals surface area contributed by atoms with E-state index in [1.54, 1.807) is 11.3 Å². The van der Waals surface area contributed by atoms with E-state index in [0.29, 0.717) is 13.1 Å². The molecule has 2 aromatic carbocycles. The van der Waals surface area contributed by atoms with Crippen LogP contribution in [0.1, 0.15) is 18.1 Å². The van der Waals surface area contributed by atoms with Crippen molar-refractivity contribution in [3.63, 3.8) is 0 Å². The second-order valence-electron chi connectivity index (χ2n) is 6.89. The first-order chi connectivity index (χ1) is 13.1. The second-order valence-corrected chi connectivity index (χ2v) is 7.90. The zero-order valence-corrected chi connectivity index (χ0v) is 16.6. The summed E-state index contributed by atoms with van der Waals surface area (Å²) >= 11 is 1.74. The number of hydrogen-bond donors (Lipinski definition) is 1. The Labute approximate surface area is 163 Å². The first-order valence-electron chi connectivity index (χ1n) is 9.40. The van der Waals surface area contributed by atoms with Gasteiger partial charge >= 0.3 is 6.03 Å². The highest BCUT2D eigenvalue weighted by Crippen LogP contribution is 2.31. The molecule has 1 aromatic heterocycles. The number of nitrogens with zero attached hydrogens (tertiary/aromatic N) is 3. The van der Waals surface area contributed by atoms with Gasteiger partial charge < -0.3 is 15.1 Å². The van der Waals surface area contributed by atoms with Crippen molar-refractivity contribution in [1.29, 1.82) is 0 Å². The molecule has 2 amide bonds. The molecule has 1 N–H and O–H groups in total. The van der Waals surface area contributed by atoms with Gasteiger partial charge in [-0.2, -0.15) is 0 Å². The topological polar surface area (TPSA) is 48.5 Å². The van der Waals surface area contributed by atoms with E-state index < -0.39 is 0 Å². The number of carbonyl (C=O) groups excluding carboxylic acids is 1. The largest absolute Gasteiger partial charge is 0.345 e. The SMILES string of the molecule is CCc1cccc2sc(N3CCN(C(=O)Nc4cccc(C)c4)CC3)nc12. The Bertz CT molecular complexity index is 960. The molecule has 0 spiro atoms. The molecule has 1 aliphatic rings. The zero-order chi connectivity index (χ0) is 18.8. The number of anilines is 2. The molecule has 0 bridgehead atoms. The molecule has 1 aliphatic heterocycles. The van der Waals surface area contributed by atoms with Crippen molar-refractivity contribution in [3.8, 4) is 0 Å². The Morgan fingerprint density at radius 1 is 1.15 bits per heavy atom. The summed E-state index contributed by atoms with van der Waals surface area (Å²) in [5.74, 6) is 0. The fourth-order valence-corrected chi connectivity index (χ4v) is 4.51. The average Bonchev–Trinajstić information content (AvgIpc) is 3.12. The van der Waals surface area contributed by atoms with Crippen LogP contribution in [0.5, 0.6) is 0 Å². The predicted octanol–water partition coefficient (Wildman–Crippen LogP) is 4.52. The van der Waals surface area contributed by atoms with Gasteiger partial charge in [-0.05, 0) is 42.7 Å². The molecule has 4 rings (SSSR count). The molecule has 0 atom stereocenters. The maximum atomic E-state index is 12.5. The summed E-state index contributed by atoms with van der Waals surface area (Å²) in [6, 6.07) is 14.3. The minimum absolute atomic E-state index is 0.0298. The van der Waals surface area contributed by atoms with Crippen LogP contribution in [0.15, 0.2) is 42.5 Å². The summed E-state index contributed by atoms with van der Waals surface area (Å²) in [4.78, 5) is 21.6. The van der Waals surface area contributed by atoms with Crippen molar-refractivity contribution >= 4 is 38.4 Å². The number of para-hydroxylation sites is 1. The van der Waals surface area contributed by atoms with Gasteiger partial charge in [0.1, 0.15) is 0 Å². The minimum Gasteiger partial charge on any atom is -0.345 e. The summed E-state index contributed by atoms with van der Waals surface area (Å²) < 4.78 is 1.24. The van der Waals surface area contributed by atoms with Crippen LogP contribution < -0.4 is 10.2 Å². The van der Waals surface area contributed by atoms with E-state index in [1.807, 2.05) is 36.1 Å². The standard InChI is InChI=1S/C21H24N4OS/c1-3-16-7-5-9-18-19(16)23-21(27-18)25-12-10-24(11-13-25)20(26)22-17-8-4-6-15(2)14-17/h4-9,14H,3,10-13H2,1-2H3,(H,22,26). The van der Waals surface area contributed by atoms with Crippen molar-refractivity contribution in [3.05, 3.63) is 53.6 Å². The van der Waals surface area contributed by atoms with Crippen molar-refractivity contribution in [2.24, 2.45) is 0 Å². The van der Waals surface area contributed by atoms with Crippen molar-refractivity contribution < 1.29 is 4.79 Å². The number of benzene rings is 2. The van der Waals surface area contributed by atoms with Gasteiger partial charge in [0.05, 0.1) is 10.2 Å². The Morgan fingerprint density at radius 2 is 1.93 bits per heavy atom. The van der Waals surface area contributed by atoms with Crippen molar-refractivity contribution in [1.82, 2.24) is 9.88 Å². The maximum Gasteiger partial charge on any atom is 0.321 e. The number of aromatic nitrogens is 1. The molecule has 1 saturated heterocycles. The third-order valence-electron chi connectivity index (χ3n) is 4.98. The van der Waals surface area contributed by atoms with Crippen LogP contribution in [0.4, 0.5) is 15.6 Å². The fraction of sp³-hybridized carbons (Fsp3) is 0.333. The van der Waals surface area contributed by atoms with E-state index in [9.17, 15) is 4.79 Å². The number of aryl methyl sites for hydroxylation is 2. The highest BCUT2D eigenvalue weighted by atomic mass is 32.1. The quantitative estimate of drug-likeness (QED) is 0.727. The van der Waals surface area contributed by atoms with Gasteiger partial charge in [0.25, 0.3) is 0 Å². The molecule has 0 aliphatic carbocycles. The van der Waals surface area contributed by atoms with E-state index in [4.69, 9.17) is 4.98 Å². The second kappa shape index (κ2) is 7.56. The van der Waals surface area contributed by atoms with Crippen LogP contribution in [0.3, 0.4) is 0 Å². The number of hydrogen-bond acceptors (Lipinski definition) is 4. The molecule has 5 nitrogen and oxygen atoms in total. The number of fused-ring (bicyclic) bond motifs is 1. The minimum atomic E-state index is -0.0298. The lowest BCUT2D eigenvalue weighted by molar-refractivity contribution is 0.208. The average molecular weight is 381 g/mol. The highest BCUT2D eigenvalue weighted by Gasteiger charge is 2.23. The van der Waals surface area contributed by atoms with Crippen LogP contribution in [0.25, 0.3) is 10.2 Å². The predicted molar refractivity (Wildman–Crippen MR) is 113 cm³/mol. The monoisotopic (exact) mass is 380 g/mol. The van der Waals surface area contributed by atoms with Crippen LogP contribution in [0.2, 0.25) is 0 Å². The number of rotatable bonds is 3. The van der Waals surface area contributed by atoms with E-state index >= 15 is 0 Å². The van der Waals surface area contributed by atoms with E-state index in [0.717, 1.165) is 41.4 Å². The number of thiazole rings is 1. The van der Waals surface area contributed by atoms with E-state index in [1.165, 1.54) is 10.3 Å². The van der Waals surface area contributed by atoms with Gasteiger partial charge in [-0.1, -0.05) is 42.5 Å². The Kier molecular flexibility index (Phi) is 4.99. The molecule has 0 radical (unpaired) electrons. The summed E-state index contributed by atoms with van der Waals surface area (Å²) in [6.07, 6.45) is 0.993. The number of nitrogens with one attached hydrogen (secondary N) is 1. The number of amides is 2. The molecule has 1 fully saturated rings. The van der Waals surface area contributed by atoms with Gasteiger partial charge in [0.2, 0.25) is 0 Å². The molecular weight excluding hydrogens is 356 g/mol. The molecular formula is C21H24N4OS. The van der Waals surface area contributed by atoms with Crippen molar-refractivity contribution in [2.75, 3.05) is 36.4 Å². The molecule has 140 valence electrons. The molecule has 0 saturated carbocycles. The smallest absolute Gasteiger partial charge is 0.321 e. The first-order valence-corrected chi connectivity index (χ1v) is 10.2. The molecule has 3 aromatic rings. The molecule has 2 heterocycles. The lowest BCUT2D eigenvalue weighted by atomic mass is 10.1. The Morgan fingerprint density at radius 3 is 2.67 bits per heavy atom. The summed E-state index contributed by atoms with van der Waals surface area (Å²) in [5, 5.41) is 4.06. The van der Waals surface area contributed by atoms with Gasteiger partial charge in [0.15, 0.2) is 5.13 Å². The first kappa shape index (κ1) is 17.8. The van der Waals surface area contributed by atoms with Gasteiger partial charge in [-0.25, -0.2) is 9.78 Å². The van der Waals surface area contributed by atoms with E-state index in [2.05, 4.69) is 35.3 Å². The number of carbonyl (C=O) groups is 1. The third kappa shape index (κ3) is 3.76. The van der Waals surface area contributed by atoms with Crippen LogP contribution in [0, 0.1) is 6.92 Å². The summed E-state index contributed by atoms with van der Waals surface area (Å²) in [5.41, 5.74) is 4.41.